The van der Waals surface area contributed by atoms with Gasteiger partial charge in [-0.05, 0) is 41.3 Å². The summed E-state index contributed by atoms with van der Waals surface area (Å²) in [4.78, 5) is 25.7. The highest BCUT2D eigenvalue weighted by atomic mass is 19.4. The average molecular weight is 405 g/mol. The molecule has 1 aliphatic rings. The molecule has 0 aromatic heterocycles. The first kappa shape index (κ1) is 20.4. The van der Waals surface area contributed by atoms with Crippen LogP contribution < -0.4 is 4.74 Å². The van der Waals surface area contributed by atoms with Crippen molar-refractivity contribution in [2.24, 2.45) is 0 Å². The monoisotopic (exact) mass is 405 g/mol. The molecule has 1 aliphatic heterocycles. The predicted octanol–water partition coefficient (Wildman–Crippen LogP) is 3.73. The van der Waals surface area contributed by atoms with Gasteiger partial charge in [-0.15, -0.1) is 13.2 Å². The molecule has 0 bridgehead atoms. The lowest BCUT2D eigenvalue weighted by Crippen LogP contribution is -2.38. The highest BCUT2D eigenvalue weighted by molar-refractivity contribution is 5.89. The lowest BCUT2D eigenvalue weighted by atomic mass is 10.00. The molecule has 0 radical (unpaired) electrons. The zero-order valence-corrected chi connectivity index (χ0v) is 15.3. The van der Waals surface area contributed by atoms with Gasteiger partial charge in [-0.1, -0.05) is 36.4 Å². The molecule has 1 heterocycles. The van der Waals surface area contributed by atoms with Crippen LogP contribution >= 0.6 is 0 Å². The third-order valence-electron chi connectivity index (χ3n) is 4.35. The van der Waals surface area contributed by atoms with E-state index in [-0.39, 0.29) is 18.3 Å². The number of carbonyl (C=O) groups is 2. The van der Waals surface area contributed by atoms with E-state index in [9.17, 15) is 22.8 Å². The van der Waals surface area contributed by atoms with Crippen LogP contribution in [-0.4, -0.2) is 36.3 Å². The second-order valence-electron chi connectivity index (χ2n) is 6.39. The van der Waals surface area contributed by atoms with Crippen molar-refractivity contribution in [2.45, 2.75) is 19.3 Å². The average Bonchev–Trinajstić information content (AvgIpc) is 2.70. The van der Waals surface area contributed by atoms with Crippen molar-refractivity contribution in [3.63, 3.8) is 0 Å². The van der Waals surface area contributed by atoms with Crippen LogP contribution in [0.2, 0.25) is 0 Å². The van der Waals surface area contributed by atoms with E-state index in [1.165, 1.54) is 23.8 Å². The number of halogens is 3. The van der Waals surface area contributed by atoms with Crippen LogP contribution in [0.25, 0.3) is 6.08 Å². The summed E-state index contributed by atoms with van der Waals surface area (Å²) in [5, 5.41) is 0. The van der Waals surface area contributed by atoms with Gasteiger partial charge in [0.1, 0.15) is 5.75 Å². The van der Waals surface area contributed by atoms with Crippen LogP contribution in [-0.2, 0) is 27.3 Å². The molecule has 152 valence electrons. The molecule has 2 aromatic rings. The molecule has 3 rings (SSSR count). The largest absolute Gasteiger partial charge is 0.573 e. The number of carbonyl (C=O) groups excluding carboxylic acids is 2. The quantitative estimate of drug-likeness (QED) is 0.562. The first-order chi connectivity index (χ1) is 13.8. The van der Waals surface area contributed by atoms with Crippen molar-refractivity contribution in [1.29, 1.82) is 0 Å². The number of amides is 1. The van der Waals surface area contributed by atoms with Crippen molar-refractivity contribution in [1.82, 2.24) is 4.90 Å². The second kappa shape index (κ2) is 8.81. The van der Waals surface area contributed by atoms with E-state index in [4.69, 9.17) is 4.74 Å². The highest BCUT2D eigenvalue weighted by Crippen LogP contribution is 2.23. The Morgan fingerprint density at radius 3 is 2.41 bits per heavy atom. The maximum Gasteiger partial charge on any atom is 0.573 e. The Morgan fingerprint density at radius 1 is 1.03 bits per heavy atom. The van der Waals surface area contributed by atoms with Crippen LogP contribution in [0.1, 0.15) is 16.7 Å². The Balaban J connectivity index is 1.46. The number of hydrogen-bond acceptors (Lipinski definition) is 4. The number of alkyl halides is 3. The summed E-state index contributed by atoms with van der Waals surface area (Å²) in [6, 6.07) is 12.9. The minimum Gasteiger partial charge on any atom is -0.452 e. The Bertz CT molecular complexity index is 907. The molecule has 5 nitrogen and oxygen atoms in total. The third-order valence-corrected chi connectivity index (χ3v) is 4.35. The number of hydrogen-bond donors (Lipinski definition) is 0. The van der Waals surface area contributed by atoms with Crippen molar-refractivity contribution in [3.05, 3.63) is 71.3 Å². The number of ether oxygens (including phenoxy) is 2. The Kier molecular flexibility index (Phi) is 6.21. The summed E-state index contributed by atoms with van der Waals surface area (Å²) in [7, 11) is 0. The van der Waals surface area contributed by atoms with Gasteiger partial charge in [-0.3, -0.25) is 4.79 Å². The molecule has 0 N–H and O–H groups in total. The lowest BCUT2D eigenvalue weighted by Gasteiger charge is -2.28. The summed E-state index contributed by atoms with van der Waals surface area (Å²) >= 11 is 0. The summed E-state index contributed by atoms with van der Waals surface area (Å²) in [5.74, 6) is -1.35. The van der Waals surface area contributed by atoms with Crippen LogP contribution in [0.5, 0.6) is 5.75 Å². The number of rotatable bonds is 5. The molecule has 0 saturated heterocycles. The van der Waals surface area contributed by atoms with Crippen molar-refractivity contribution in [2.75, 3.05) is 13.2 Å². The summed E-state index contributed by atoms with van der Waals surface area (Å²) in [5.41, 5.74) is 2.77. The minimum absolute atomic E-state index is 0.282. The normalized spacial score (nSPS) is 13.8. The smallest absolute Gasteiger partial charge is 0.452 e. The molecular formula is C21H18F3NO4. The van der Waals surface area contributed by atoms with Gasteiger partial charge in [0.25, 0.3) is 5.91 Å². The number of esters is 1. The second-order valence-corrected chi connectivity index (χ2v) is 6.39. The van der Waals surface area contributed by atoms with Crippen LogP contribution in [0.3, 0.4) is 0 Å². The molecule has 29 heavy (non-hydrogen) atoms. The lowest BCUT2D eigenvalue weighted by molar-refractivity contribution is -0.274. The van der Waals surface area contributed by atoms with Crippen LogP contribution in [0.15, 0.2) is 54.6 Å². The van der Waals surface area contributed by atoms with Crippen molar-refractivity contribution in [3.8, 4) is 5.75 Å². The zero-order chi connectivity index (χ0) is 20.9. The van der Waals surface area contributed by atoms with Gasteiger partial charge in [0.2, 0.25) is 0 Å². The molecule has 0 fully saturated rings. The van der Waals surface area contributed by atoms with E-state index in [0.717, 1.165) is 30.2 Å². The maximum atomic E-state index is 12.3. The van der Waals surface area contributed by atoms with Crippen LogP contribution in [0.4, 0.5) is 13.2 Å². The molecular weight excluding hydrogens is 387 g/mol. The van der Waals surface area contributed by atoms with Gasteiger partial charge in [-0.2, -0.15) is 0 Å². The molecule has 2 aromatic carbocycles. The summed E-state index contributed by atoms with van der Waals surface area (Å²) in [6.07, 6.45) is -1.52. The first-order valence-corrected chi connectivity index (χ1v) is 8.85. The van der Waals surface area contributed by atoms with E-state index in [1.54, 1.807) is 4.90 Å². The molecule has 0 aliphatic carbocycles. The molecule has 0 unspecified atom stereocenters. The minimum atomic E-state index is -4.76. The molecule has 0 saturated carbocycles. The molecule has 0 atom stereocenters. The summed E-state index contributed by atoms with van der Waals surface area (Å²) < 4.78 is 45.1. The number of nitrogens with zero attached hydrogens (tertiary/aromatic N) is 1. The summed E-state index contributed by atoms with van der Waals surface area (Å²) in [6.45, 7) is 0.675. The topological polar surface area (TPSA) is 55.8 Å². The maximum absolute atomic E-state index is 12.3. The fraction of sp³-hybridized carbons (Fsp3) is 0.238. The molecule has 1 amide bonds. The van der Waals surface area contributed by atoms with Gasteiger partial charge in [0.05, 0.1) is 0 Å². The fourth-order valence-electron chi connectivity index (χ4n) is 2.93. The van der Waals surface area contributed by atoms with Gasteiger partial charge in [0, 0.05) is 19.2 Å². The van der Waals surface area contributed by atoms with E-state index >= 15 is 0 Å². The predicted molar refractivity (Wildman–Crippen MR) is 98.7 cm³/mol. The van der Waals surface area contributed by atoms with E-state index in [2.05, 4.69) is 4.74 Å². The van der Waals surface area contributed by atoms with Gasteiger partial charge < -0.3 is 14.4 Å². The van der Waals surface area contributed by atoms with E-state index < -0.39 is 12.3 Å². The Hall–Kier alpha value is -3.29. The van der Waals surface area contributed by atoms with E-state index in [1.807, 2.05) is 24.3 Å². The van der Waals surface area contributed by atoms with Crippen LogP contribution in [0, 0.1) is 0 Å². The van der Waals surface area contributed by atoms with Crippen molar-refractivity contribution < 1.29 is 32.2 Å². The standard InChI is InChI=1S/C21H18F3NO4/c22-21(23,24)29-18-8-5-15(6-9-18)7-10-20(27)28-14-19(26)25-12-11-16-3-1-2-4-17(16)13-25/h1-10H,11-14H2/b10-7+. The Morgan fingerprint density at radius 2 is 1.72 bits per heavy atom. The molecule has 0 spiro atoms. The Labute approximate surface area is 165 Å². The van der Waals surface area contributed by atoms with Gasteiger partial charge in [-0.25, -0.2) is 4.79 Å². The van der Waals surface area contributed by atoms with Crippen molar-refractivity contribution >= 4 is 18.0 Å². The fourth-order valence-corrected chi connectivity index (χ4v) is 2.93. The van der Waals surface area contributed by atoms with Gasteiger partial charge >= 0.3 is 12.3 Å². The van der Waals surface area contributed by atoms with Gasteiger partial charge in [0.15, 0.2) is 6.61 Å². The van der Waals surface area contributed by atoms with E-state index in [0.29, 0.717) is 18.7 Å². The third kappa shape index (κ3) is 6.10. The first-order valence-electron chi connectivity index (χ1n) is 8.85. The highest BCUT2D eigenvalue weighted by Gasteiger charge is 2.30. The zero-order valence-electron chi connectivity index (χ0n) is 15.3. The number of benzene rings is 2. The molecule has 8 heteroatoms. The SMILES string of the molecule is O=C(/C=C/c1ccc(OC(F)(F)F)cc1)OCC(=O)N1CCc2ccccc2C1. The number of fused-ring (bicyclic) bond motifs is 1.